The number of halogens is 2. The minimum atomic E-state index is -0.0335. The molecule has 21 heavy (non-hydrogen) atoms. The van der Waals surface area contributed by atoms with Gasteiger partial charge in [-0.1, -0.05) is 0 Å². The molecule has 2 aromatic rings. The van der Waals surface area contributed by atoms with Gasteiger partial charge in [0.2, 0.25) is 5.13 Å². The molecule has 11 heteroatoms. The van der Waals surface area contributed by atoms with Crippen molar-refractivity contribution in [3.63, 3.8) is 0 Å². The number of furan rings is 1. The van der Waals surface area contributed by atoms with Gasteiger partial charge in [0.25, 0.3) is 0 Å². The number of nitrogens with zero attached hydrogens (tertiary/aromatic N) is 3. The summed E-state index contributed by atoms with van der Waals surface area (Å²) in [7, 11) is 0. The largest absolute Gasteiger partial charge is 0.457 e. The van der Waals surface area contributed by atoms with Crippen LogP contribution in [-0.2, 0) is 6.54 Å². The number of nitrogens with two attached hydrogens (primary N) is 4. The van der Waals surface area contributed by atoms with Crippen molar-refractivity contribution in [2.24, 2.45) is 32.9 Å². The molecular weight excluding hydrogens is 337 g/mol. The van der Waals surface area contributed by atoms with Crippen LogP contribution in [0.5, 0.6) is 0 Å². The Morgan fingerprint density at radius 2 is 1.86 bits per heavy atom. The lowest BCUT2D eigenvalue weighted by Gasteiger charge is -1.92. The molecule has 0 amide bonds. The van der Waals surface area contributed by atoms with Gasteiger partial charge in [0.05, 0.1) is 0 Å². The molecule has 0 saturated carbocycles. The highest BCUT2D eigenvalue weighted by molar-refractivity contribution is 7.13. The predicted molar refractivity (Wildman–Crippen MR) is 89.3 cm³/mol. The van der Waals surface area contributed by atoms with Crippen LogP contribution in [-0.4, -0.2) is 16.9 Å². The molecule has 2 heterocycles. The fourth-order valence-corrected chi connectivity index (χ4v) is 2.00. The number of aliphatic imine (C=N–C) groups is 2. The van der Waals surface area contributed by atoms with Gasteiger partial charge in [-0.25, -0.2) is 9.98 Å². The minimum Gasteiger partial charge on any atom is -0.457 e. The number of hydrogen-bond acceptors (Lipinski definition) is 5. The second-order valence-electron chi connectivity index (χ2n) is 3.56. The van der Waals surface area contributed by atoms with E-state index in [1.807, 2.05) is 0 Å². The van der Waals surface area contributed by atoms with E-state index >= 15 is 0 Å². The van der Waals surface area contributed by atoms with Gasteiger partial charge in [-0.2, -0.15) is 4.99 Å². The molecule has 116 valence electrons. The Morgan fingerprint density at radius 3 is 2.48 bits per heavy atom. The summed E-state index contributed by atoms with van der Waals surface area (Å²) < 4.78 is 5.55. The highest BCUT2D eigenvalue weighted by Gasteiger charge is 2.09. The van der Waals surface area contributed by atoms with Crippen LogP contribution >= 0.6 is 36.2 Å². The first kappa shape index (κ1) is 19.0. The SMILES string of the molecule is Cl.Cl.NC(N)=NCc1ccc(-c2csc(N=C(N)N)n2)o1. The molecule has 8 N–H and O–H groups in total. The van der Waals surface area contributed by atoms with Gasteiger partial charge in [-0.3, -0.25) is 0 Å². The molecule has 0 spiro atoms. The Balaban J connectivity index is 0.00000200. The quantitative estimate of drug-likeness (QED) is 0.474. The zero-order valence-corrected chi connectivity index (χ0v) is 13.2. The van der Waals surface area contributed by atoms with Crippen LogP contribution < -0.4 is 22.9 Å². The first-order chi connectivity index (χ1) is 9.04. The fraction of sp³-hybridized carbons (Fsp3) is 0.100. The van der Waals surface area contributed by atoms with E-state index in [1.165, 1.54) is 11.3 Å². The molecule has 0 bridgehead atoms. The monoisotopic (exact) mass is 351 g/mol. The summed E-state index contributed by atoms with van der Waals surface area (Å²) in [6, 6.07) is 3.56. The third-order valence-electron chi connectivity index (χ3n) is 2.05. The lowest BCUT2D eigenvalue weighted by molar-refractivity contribution is 0.524. The van der Waals surface area contributed by atoms with Crippen molar-refractivity contribution in [2.75, 3.05) is 0 Å². The Morgan fingerprint density at radius 1 is 1.14 bits per heavy atom. The first-order valence-electron chi connectivity index (χ1n) is 5.24. The number of thiazole rings is 1. The zero-order chi connectivity index (χ0) is 13.8. The summed E-state index contributed by atoms with van der Waals surface area (Å²) in [5.41, 5.74) is 21.7. The van der Waals surface area contributed by atoms with Crippen LogP contribution in [0.1, 0.15) is 5.76 Å². The molecule has 0 radical (unpaired) electrons. The van der Waals surface area contributed by atoms with Gasteiger partial charge in [-0.05, 0) is 12.1 Å². The molecule has 0 aliphatic heterocycles. The van der Waals surface area contributed by atoms with Gasteiger partial charge in [0, 0.05) is 5.38 Å². The Hall–Kier alpha value is -1.97. The summed E-state index contributed by atoms with van der Waals surface area (Å²) in [4.78, 5) is 11.9. The van der Waals surface area contributed by atoms with E-state index in [9.17, 15) is 0 Å². The molecule has 0 atom stereocenters. The maximum Gasteiger partial charge on any atom is 0.212 e. The van der Waals surface area contributed by atoms with Crippen LogP contribution in [0.4, 0.5) is 5.13 Å². The average Bonchev–Trinajstić information content (AvgIpc) is 2.93. The van der Waals surface area contributed by atoms with E-state index < -0.39 is 0 Å². The summed E-state index contributed by atoms with van der Waals surface area (Å²) in [6.45, 7) is 0.285. The third kappa shape index (κ3) is 5.50. The topological polar surface area (TPSA) is 155 Å². The summed E-state index contributed by atoms with van der Waals surface area (Å²) in [5, 5.41) is 2.27. The van der Waals surface area contributed by atoms with Crippen LogP contribution in [0, 0.1) is 0 Å². The van der Waals surface area contributed by atoms with Gasteiger partial charge < -0.3 is 27.4 Å². The average molecular weight is 352 g/mol. The molecule has 0 aliphatic carbocycles. The van der Waals surface area contributed by atoms with Crippen molar-refractivity contribution >= 4 is 53.2 Å². The lowest BCUT2D eigenvalue weighted by atomic mass is 10.3. The zero-order valence-electron chi connectivity index (χ0n) is 10.7. The lowest BCUT2D eigenvalue weighted by Crippen LogP contribution is -2.22. The molecule has 0 aromatic carbocycles. The fourth-order valence-electron chi connectivity index (χ4n) is 1.31. The number of guanidine groups is 2. The Labute approximate surface area is 137 Å². The number of rotatable bonds is 4. The van der Waals surface area contributed by atoms with Crippen LogP contribution in [0.15, 0.2) is 31.9 Å². The predicted octanol–water partition coefficient (Wildman–Crippen LogP) is 0.925. The van der Waals surface area contributed by atoms with Crippen LogP contribution in [0.25, 0.3) is 11.5 Å². The molecule has 0 fully saturated rings. The molecule has 2 aromatic heterocycles. The Bertz CT molecular complexity index is 629. The van der Waals surface area contributed by atoms with Crippen molar-refractivity contribution in [1.82, 2.24) is 4.98 Å². The third-order valence-corrected chi connectivity index (χ3v) is 2.78. The van der Waals surface area contributed by atoms with Crippen LogP contribution in [0.2, 0.25) is 0 Å². The highest BCUT2D eigenvalue weighted by atomic mass is 35.5. The highest BCUT2D eigenvalue weighted by Crippen LogP contribution is 2.28. The molecule has 8 nitrogen and oxygen atoms in total. The molecule has 0 saturated heterocycles. The van der Waals surface area contributed by atoms with E-state index in [1.54, 1.807) is 17.5 Å². The van der Waals surface area contributed by atoms with E-state index in [0.717, 1.165) is 0 Å². The van der Waals surface area contributed by atoms with Gasteiger partial charge in [0.1, 0.15) is 18.0 Å². The van der Waals surface area contributed by atoms with Crippen LogP contribution in [0.3, 0.4) is 0 Å². The summed E-state index contributed by atoms with van der Waals surface area (Å²) in [5.74, 6) is 1.23. The standard InChI is InChI=1S/C10H13N7OS.2ClH/c11-8(12)15-3-5-1-2-7(18-5)6-4-19-10(16-6)17-9(13)14;;/h1-2,4H,3H2,(H4,11,12,15)(H4,13,14,16,17);2*1H. The number of aromatic nitrogens is 1. The van der Waals surface area contributed by atoms with Gasteiger partial charge in [0.15, 0.2) is 17.7 Å². The maximum atomic E-state index is 5.55. The molecule has 0 unspecified atom stereocenters. The summed E-state index contributed by atoms with van der Waals surface area (Å²) >= 11 is 1.31. The van der Waals surface area contributed by atoms with E-state index in [2.05, 4.69) is 15.0 Å². The van der Waals surface area contributed by atoms with Crippen molar-refractivity contribution in [2.45, 2.75) is 6.54 Å². The normalized spacial score (nSPS) is 9.14. The molecule has 0 aliphatic rings. The first-order valence-corrected chi connectivity index (χ1v) is 6.12. The van der Waals surface area contributed by atoms with Gasteiger partial charge in [-0.15, -0.1) is 36.2 Å². The van der Waals surface area contributed by atoms with Crippen molar-refractivity contribution in [3.8, 4) is 11.5 Å². The van der Waals surface area contributed by atoms with E-state index in [0.29, 0.717) is 22.3 Å². The second-order valence-corrected chi connectivity index (χ2v) is 4.40. The van der Waals surface area contributed by atoms with Crippen molar-refractivity contribution in [1.29, 1.82) is 0 Å². The smallest absolute Gasteiger partial charge is 0.212 e. The van der Waals surface area contributed by atoms with E-state index in [-0.39, 0.29) is 43.3 Å². The van der Waals surface area contributed by atoms with Gasteiger partial charge >= 0.3 is 0 Å². The van der Waals surface area contributed by atoms with Crippen molar-refractivity contribution < 1.29 is 4.42 Å². The number of hydrogen-bond donors (Lipinski definition) is 4. The second kappa shape index (κ2) is 8.35. The van der Waals surface area contributed by atoms with Crippen molar-refractivity contribution in [3.05, 3.63) is 23.3 Å². The summed E-state index contributed by atoms with van der Waals surface area (Å²) in [6.07, 6.45) is 0. The Kier molecular flexibility index (Phi) is 7.56. The molecular formula is C10H15Cl2N7OS. The van der Waals surface area contributed by atoms with E-state index in [4.69, 9.17) is 27.4 Å². The maximum absolute atomic E-state index is 5.55. The molecule has 2 rings (SSSR count). The minimum absolute atomic E-state index is 0.